The first kappa shape index (κ1) is 13.1. The van der Waals surface area contributed by atoms with Crippen LogP contribution in [0.4, 0.5) is 0 Å². The van der Waals surface area contributed by atoms with Crippen molar-refractivity contribution in [2.24, 2.45) is 11.8 Å². The number of hydrogen-bond acceptors (Lipinski definition) is 3. The molecule has 3 heteroatoms. The zero-order valence-corrected chi connectivity index (χ0v) is 10.3. The van der Waals surface area contributed by atoms with Gasteiger partial charge in [-0.15, -0.1) is 0 Å². The molecule has 3 nitrogen and oxygen atoms in total. The van der Waals surface area contributed by atoms with Crippen LogP contribution in [-0.2, 0) is 0 Å². The maximum Gasteiger partial charge on any atom is 0.0503 e. The highest BCUT2D eigenvalue weighted by Gasteiger charge is 2.19. The van der Waals surface area contributed by atoms with E-state index in [0.29, 0.717) is 5.92 Å². The lowest BCUT2D eigenvalue weighted by molar-refractivity contribution is 0.326. The average Bonchev–Trinajstić information content (AvgIpc) is 2.35. The van der Waals surface area contributed by atoms with Gasteiger partial charge in [0.05, 0.1) is 6.04 Å². The van der Waals surface area contributed by atoms with Gasteiger partial charge in [0.1, 0.15) is 0 Å². The molecule has 1 heterocycles. The molecule has 0 saturated carbocycles. The average molecular weight is 221 g/mol. The van der Waals surface area contributed by atoms with Gasteiger partial charge in [0.15, 0.2) is 0 Å². The summed E-state index contributed by atoms with van der Waals surface area (Å²) in [5, 5.41) is 0. The number of nitrogens with zero attached hydrogens (tertiary/aromatic N) is 1. The Hall–Kier alpha value is -0.930. The zero-order valence-electron chi connectivity index (χ0n) is 10.3. The fourth-order valence-corrected chi connectivity index (χ4v) is 2.14. The lowest BCUT2D eigenvalue weighted by Crippen LogP contribution is -2.33. The van der Waals surface area contributed by atoms with Crippen molar-refractivity contribution in [3.8, 4) is 0 Å². The molecule has 2 atom stereocenters. The summed E-state index contributed by atoms with van der Waals surface area (Å²) in [6, 6.07) is 4.28. The largest absolute Gasteiger partial charge is 0.271 e. The molecule has 3 N–H and O–H groups in total. The number of rotatable bonds is 7. The Balaban J connectivity index is 2.71. The normalized spacial score (nSPS) is 14.7. The molecule has 1 aromatic rings. The summed E-state index contributed by atoms with van der Waals surface area (Å²) in [5.41, 5.74) is 4.13. The Bertz CT molecular complexity index is 274. The van der Waals surface area contributed by atoms with Gasteiger partial charge in [-0.25, -0.2) is 0 Å². The molecule has 0 aliphatic heterocycles. The third kappa shape index (κ3) is 3.58. The van der Waals surface area contributed by atoms with Gasteiger partial charge >= 0.3 is 0 Å². The monoisotopic (exact) mass is 221 g/mol. The van der Waals surface area contributed by atoms with Gasteiger partial charge in [-0.1, -0.05) is 39.2 Å². The summed E-state index contributed by atoms with van der Waals surface area (Å²) >= 11 is 0. The first-order valence-corrected chi connectivity index (χ1v) is 6.19. The van der Waals surface area contributed by atoms with E-state index in [1.165, 1.54) is 24.8 Å². The smallest absolute Gasteiger partial charge is 0.0503 e. The maximum atomic E-state index is 5.68. The van der Waals surface area contributed by atoms with Crippen LogP contribution in [-0.4, -0.2) is 4.98 Å². The Morgan fingerprint density at radius 1 is 1.44 bits per heavy atom. The van der Waals surface area contributed by atoms with Crippen LogP contribution in [0.2, 0.25) is 0 Å². The number of hydrazine groups is 1. The number of hydrogen-bond donors (Lipinski definition) is 2. The van der Waals surface area contributed by atoms with Crippen molar-refractivity contribution in [1.29, 1.82) is 0 Å². The van der Waals surface area contributed by atoms with Crippen molar-refractivity contribution >= 4 is 0 Å². The molecule has 0 radical (unpaired) electrons. The van der Waals surface area contributed by atoms with Gasteiger partial charge in [0, 0.05) is 12.4 Å². The van der Waals surface area contributed by atoms with Crippen LogP contribution in [0.25, 0.3) is 0 Å². The van der Waals surface area contributed by atoms with Gasteiger partial charge in [0.2, 0.25) is 0 Å². The minimum Gasteiger partial charge on any atom is -0.271 e. The quantitative estimate of drug-likeness (QED) is 0.550. The summed E-state index contributed by atoms with van der Waals surface area (Å²) in [5.74, 6) is 6.27. The van der Waals surface area contributed by atoms with Gasteiger partial charge in [0.25, 0.3) is 0 Å². The second-order valence-corrected chi connectivity index (χ2v) is 4.24. The molecule has 0 aromatic carbocycles. The standard InChI is InChI=1S/C13H23N3/c1-3-5-7-11(4-2)13(16-14)12-8-6-9-15-10-12/h6,8-11,13,16H,3-5,7,14H2,1-2H3. The molecule has 0 saturated heterocycles. The van der Waals surface area contributed by atoms with Crippen LogP contribution >= 0.6 is 0 Å². The van der Waals surface area contributed by atoms with Crippen LogP contribution < -0.4 is 11.3 Å². The number of nitrogens with two attached hydrogens (primary N) is 1. The Morgan fingerprint density at radius 3 is 2.75 bits per heavy atom. The Kier molecular flexibility index (Phi) is 6.04. The molecule has 1 rings (SSSR count). The van der Waals surface area contributed by atoms with Crippen molar-refractivity contribution < 1.29 is 0 Å². The van der Waals surface area contributed by atoms with E-state index in [9.17, 15) is 0 Å². The molecule has 0 aliphatic carbocycles. The molecule has 0 spiro atoms. The van der Waals surface area contributed by atoms with Gasteiger partial charge in [-0.2, -0.15) is 0 Å². The molecular weight excluding hydrogens is 198 g/mol. The summed E-state index contributed by atoms with van der Waals surface area (Å²) in [6.07, 6.45) is 8.56. The highest BCUT2D eigenvalue weighted by atomic mass is 15.2. The van der Waals surface area contributed by atoms with E-state index >= 15 is 0 Å². The van der Waals surface area contributed by atoms with Crippen molar-refractivity contribution in [2.45, 2.75) is 45.6 Å². The van der Waals surface area contributed by atoms with E-state index < -0.39 is 0 Å². The summed E-state index contributed by atoms with van der Waals surface area (Å²) in [6.45, 7) is 4.45. The van der Waals surface area contributed by atoms with Crippen molar-refractivity contribution in [1.82, 2.24) is 10.4 Å². The number of aromatic nitrogens is 1. The second kappa shape index (κ2) is 7.36. The van der Waals surface area contributed by atoms with Crippen molar-refractivity contribution in [3.63, 3.8) is 0 Å². The topological polar surface area (TPSA) is 50.9 Å². The maximum absolute atomic E-state index is 5.68. The predicted molar refractivity (Wildman–Crippen MR) is 67.6 cm³/mol. The van der Waals surface area contributed by atoms with Crippen LogP contribution in [0, 0.1) is 5.92 Å². The fraction of sp³-hybridized carbons (Fsp3) is 0.615. The Labute approximate surface area is 98.4 Å². The number of nitrogens with one attached hydrogen (secondary N) is 1. The molecule has 2 unspecified atom stereocenters. The minimum atomic E-state index is 0.227. The second-order valence-electron chi connectivity index (χ2n) is 4.24. The third-order valence-electron chi connectivity index (χ3n) is 3.15. The summed E-state index contributed by atoms with van der Waals surface area (Å²) < 4.78 is 0. The lowest BCUT2D eigenvalue weighted by atomic mass is 9.88. The van der Waals surface area contributed by atoms with Gasteiger partial charge in [-0.05, 0) is 24.0 Å². The molecule has 1 aromatic heterocycles. The van der Waals surface area contributed by atoms with Gasteiger partial charge < -0.3 is 0 Å². The van der Waals surface area contributed by atoms with E-state index in [1.807, 2.05) is 12.3 Å². The first-order valence-electron chi connectivity index (χ1n) is 6.19. The van der Waals surface area contributed by atoms with E-state index in [2.05, 4.69) is 30.3 Å². The molecule has 0 bridgehead atoms. The fourth-order valence-electron chi connectivity index (χ4n) is 2.14. The molecule has 16 heavy (non-hydrogen) atoms. The third-order valence-corrected chi connectivity index (χ3v) is 3.15. The van der Waals surface area contributed by atoms with E-state index in [1.54, 1.807) is 6.20 Å². The highest BCUT2D eigenvalue weighted by Crippen LogP contribution is 2.27. The predicted octanol–water partition coefficient (Wildman–Crippen LogP) is 2.80. The highest BCUT2D eigenvalue weighted by molar-refractivity contribution is 5.14. The first-order chi connectivity index (χ1) is 7.83. The molecule has 90 valence electrons. The minimum absolute atomic E-state index is 0.227. The van der Waals surface area contributed by atoms with Crippen LogP contribution in [0.5, 0.6) is 0 Å². The van der Waals surface area contributed by atoms with E-state index in [4.69, 9.17) is 5.84 Å². The zero-order chi connectivity index (χ0) is 11.8. The molecule has 0 amide bonds. The Morgan fingerprint density at radius 2 is 2.25 bits per heavy atom. The molecule has 0 aliphatic rings. The lowest BCUT2D eigenvalue weighted by Gasteiger charge is -2.25. The van der Waals surface area contributed by atoms with Crippen LogP contribution in [0.3, 0.4) is 0 Å². The van der Waals surface area contributed by atoms with Crippen LogP contribution in [0.1, 0.15) is 51.1 Å². The SMILES string of the molecule is CCCCC(CC)C(NN)c1cccnc1. The van der Waals surface area contributed by atoms with Gasteiger partial charge in [-0.3, -0.25) is 16.3 Å². The van der Waals surface area contributed by atoms with Crippen LogP contribution in [0.15, 0.2) is 24.5 Å². The van der Waals surface area contributed by atoms with E-state index in [-0.39, 0.29) is 6.04 Å². The summed E-state index contributed by atoms with van der Waals surface area (Å²) in [7, 11) is 0. The number of unbranched alkanes of at least 4 members (excludes halogenated alkanes) is 1. The van der Waals surface area contributed by atoms with Crippen molar-refractivity contribution in [2.75, 3.05) is 0 Å². The summed E-state index contributed by atoms with van der Waals surface area (Å²) in [4.78, 5) is 4.15. The number of pyridine rings is 1. The molecular formula is C13H23N3. The van der Waals surface area contributed by atoms with Crippen molar-refractivity contribution in [3.05, 3.63) is 30.1 Å². The molecule has 0 fully saturated rings. The van der Waals surface area contributed by atoms with E-state index in [0.717, 1.165) is 6.42 Å².